The highest BCUT2D eigenvalue weighted by Crippen LogP contribution is 2.15. The minimum absolute atomic E-state index is 0.267. The summed E-state index contributed by atoms with van der Waals surface area (Å²) < 4.78 is 15.2. The molecule has 122 valence electrons. The Bertz CT molecular complexity index is 495. The number of aromatic nitrogens is 1. The highest BCUT2D eigenvalue weighted by Gasteiger charge is 2.17. The maximum absolute atomic E-state index is 11.8. The normalized spacial score (nSPS) is 11.6. The number of anilines is 1. The van der Waals surface area contributed by atoms with E-state index in [1.807, 2.05) is 45.1 Å². The number of ether oxygens (including phenoxy) is 3. The van der Waals surface area contributed by atoms with Gasteiger partial charge in [-0.1, -0.05) is 18.2 Å². The molecule has 0 atom stereocenters. The fourth-order valence-corrected chi connectivity index (χ4v) is 1.59. The van der Waals surface area contributed by atoms with Gasteiger partial charge in [0.05, 0.1) is 6.61 Å². The van der Waals surface area contributed by atoms with E-state index in [0.29, 0.717) is 18.8 Å². The molecule has 0 aliphatic heterocycles. The van der Waals surface area contributed by atoms with E-state index >= 15 is 0 Å². The largest absolute Gasteiger partial charge is 0.444 e. The molecule has 0 radical (unpaired) electrons. The van der Waals surface area contributed by atoms with Gasteiger partial charge in [-0.15, -0.1) is 0 Å². The first kappa shape index (κ1) is 18.1. The Hall–Kier alpha value is -1.92. The molecule has 0 aliphatic rings. The van der Waals surface area contributed by atoms with Crippen LogP contribution in [-0.2, 0) is 20.6 Å². The van der Waals surface area contributed by atoms with Gasteiger partial charge in [0.15, 0.2) is 0 Å². The van der Waals surface area contributed by atoms with E-state index in [2.05, 4.69) is 10.3 Å². The predicted molar refractivity (Wildman–Crippen MR) is 84.8 cm³/mol. The number of rotatable bonds is 7. The molecule has 0 saturated heterocycles. The van der Waals surface area contributed by atoms with Crippen molar-refractivity contribution in [3.63, 3.8) is 0 Å². The van der Waals surface area contributed by atoms with Crippen LogP contribution in [0.15, 0.2) is 30.5 Å². The third kappa shape index (κ3) is 7.75. The lowest BCUT2D eigenvalue weighted by molar-refractivity contribution is -0.0186. The Morgan fingerprint density at radius 3 is 2.82 bits per heavy atom. The molecule has 0 aliphatic carbocycles. The third-order valence-electron chi connectivity index (χ3n) is 2.43. The Kier molecular flexibility index (Phi) is 7.56. The molecule has 1 aromatic rings. The highest BCUT2D eigenvalue weighted by molar-refractivity contribution is 5.84. The van der Waals surface area contributed by atoms with E-state index in [-0.39, 0.29) is 6.79 Å². The monoisotopic (exact) mass is 308 g/mol. The molecule has 1 aromatic heterocycles. The first-order valence-corrected chi connectivity index (χ1v) is 7.08. The number of carbonyl (C=O) groups excluding carboxylic acids is 1. The van der Waals surface area contributed by atoms with Gasteiger partial charge in [0.25, 0.3) is 0 Å². The maximum atomic E-state index is 11.8. The zero-order chi connectivity index (χ0) is 16.4. The van der Waals surface area contributed by atoms with Gasteiger partial charge in [-0.05, 0) is 38.8 Å². The molecule has 1 N–H and O–H groups in total. The summed E-state index contributed by atoms with van der Waals surface area (Å²) in [4.78, 5) is 16.0. The van der Waals surface area contributed by atoms with Gasteiger partial charge in [-0.2, -0.15) is 0 Å². The maximum Gasteiger partial charge on any atom is 0.413 e. The molecular formula is C16H24N2O4. The molecule has 0 spiro atoms. The summed E-state index contributed by atoms with van der Waals surface area (Å²) in [6, 6.07) is 3.73. The zero-order valence-electron chi connectivity index (χ0n) is 13.6. The Morgan fingerprint density at radius 2 is 2.14 bits per heavy atom. The van der Waals surface area contributed by atoms with E-state index in [4.69, 9.17) is 14.2 Å². The Morgan fingerprint density at radius 1 is 1.36 bits per heavy atom. The van der Waals surface area contributed by atoms with Gasteiger partial charge < -0.3 is 14.2 Å². The third-order valence-corrected chi connectivity index (χ3v) is 2.43. The second-order valence-electron chi connectivity index (χ2n) is 5.59. The average Bonchev–Trinajstić information content (AvgIpc) is 2.42. The van der Waals surface area contributed by atoms with Crippen LogP contribution < -0.4 is 5.32 Å². The van der Waals surface area contributed by atoms with E-state index in [1.165, 1.54) is 0 Å². The lowest BCUT2D eigenvalue weighted by Crippen LogP contribution is -2.27. The Labute approximate surface area is 131 Å². The number of carbonyl (C=O) groups is 1. The molecule has 0 unspecified atom stereocenters. The number of hydrogen-bond donors (Lipinski definition) is 1. The number of allylic oxidation sites excluding steroid dienone is 1. The van der Waals surface area contributed by atoms with Crippen molar-refractivity contribution in [3.8, 4) is 0 Å². The SMILES string of the molecule is COCOCC=CCc1cccnc1NC(=O)OC(C)(C)C. The zero-order valence-corrected chi connectivity index (χ0v) is 13.6. The van der Waals surface area contributed by atoms with Crippen molar-refractivity contribution in [2.24, 2.45) is 0 Å². The minimum atomic E-state index is -0.544. The van der Waals surface area contributed by atoms with E-state index in [0.717, 1.165) is 5.56 Å². The predicted octanol–water partition coefficient (Wildman–Crippen LogP) is 3.15. The van der Waals surface area contributed by atoms with Crippen molar-refractivity contribution < 1.29 is 19.0 Å². The number of amides is 1. The fourth-order valence-electron chi connectivity index (χ4n) is 1.59. The van der Waals surface area contributed by atoms with Gasteiger partial charge in [0.1, 0.15) is 18.2 Å². The van der Waals surface area contributed by atoms with Crippen LogP contribution in [0.5, 0.6) is 0 Å². The summed E-state index contributed by atoms with van der Waals surface area (Å²) in [6.07, 6.45) is 5.59. The molecule has 1 rings (SSSR count). The second-order valence-corrected chi connectivity index (χ2v) is 5.59. The summed E-state index contributed by atoms with van der Waals surface area (Å²) in [5.74, 6) is 0.499. The minimum Gasteiger partial charge on any atom is -0.444 e. The van der Waals surface area contributed by atoms with E-state index in [1.54, 1.807) is 13.3 Å². The number of methoxy groups -OCH3 is 1. The van der Waals surface area contributed by atoms with Gasteiger partial charge in [0, 0.05) is 13.3 Å². The molecule has 1 heterocycles. The first-order chi connectivity index (χ1) is 10.4. The quantitative estimate of drug-likeness (QED) is 0.476. The molecule has 6 heteroatoms. The number of nitrogens with zero attached hydrogens (tertiary/aromatic N) is 1. The molecular weight excluding hydrogens is 284 g/mol. The van der Waals surface area contributed by atoms with Crippen LogP contribution in [0.25, 0.3) is 0 Å². The summed E-state index contributed by atoms with van der Waals surface area (Å²) in [5.41, 5.74) is 0.355. The fraction of sp³-hybridized carbons (Fsp3) is 0.500. The molecule has 0 bridgehead atoms. The molecule has 1 amide bonds. The first-order valence-electron chi connectivity index (χ1n) is 7.08. The molecule has 0 aromatic carbocycles. The van der Waals surface area contributed by atoms with Gasteiger partial charge >= 0.3 is 6.09 Å². The lowest BCUT2D eigenvalue weighted by atomic mass is 10.2. The van der Waals surface area contributed by atoms with Crippen LogP contribution >= 0.6 is 0 Å². The Balaban J connectivity index is 2.56. The number of hydrogen-bond acceptors (Lipinski definition) is 5. The lowest BCUT2D eigenvalue weighted by Gasteiger charge is -2.20. The smallest absolute Gasteiger partial charge is 0.413 e. The summed E-state index contributed by atoms with van der Waals surface area (Å²) in [5, 5.41) is 2.67. The summed E-state index contributed by atoms with van der Waals surface area (Å²) >= 11 is 0. The highest BCUT2D eigenvalue weighted by atomic mass is 16.7. The number of pyridine rings is 1. The van der Waals surface area contributed by atoms with Crippen molar-refractivity contribution in [3.05, 3.63) is 36.0 Å². The standard InChI is InChI=1S/C16H24N2O4/c1-16(2,3)22-15(19)18-14-13(9-7-10-17-14)8-5-6-11-21-12-20-4/h5-7,9-10H,8,11-12H2,1-4H3,(H,17,18,19). The van der Waals surface area contributed by atoms with Crippen LogP contribution in [-0.4, -0.2) is 37.2 Å². The van der Waals surface area contributed by atoms with Crippen LogP contribution in [0.2, 0.25) is 0 Å². The van der Waals surface area contributed by atoms with Crippen molar-refractivity contribution in [2.45, 2.75) is 32.8 Å². The van der Waals surface area contributed by atoms with Crippen LogP contribution in [0.1, 0.15) is 26.3 Å². The van der Waals surface area contributed by atoms with E-state index < -0.39 is 11.7 Å². The molecule has 6 nitrogen and oxygen atoms in total. The molecule has 0 fully saturated rings. The van der Waals surface area contributed by atoms with E-state index in [9.17, 15) is 4.79 Å². The van der Waals surface area contributed by atoms with Crippen molar-refractivity contribution in [2.75, 3.05) is 25.8 Å². The van der Waals surface area contributed by atoms with Crippen molar-refractivity contribution in [1.82, 2.24) is 4.98 Å². The summed E-state index contributed by atoms with van der Waals surface area (Å²) in [7, 11) is 1.58. The van der Waals surface area contributed by atoms with Crippen molar-refractivity contribution in [1.29, 1.82) is 0 Å². The van der Waals surface area contributed by atoms with Crippen LogP contribution in [0.3, 0.4) is 0 Å². The van der Waals surface area contributed by atoms with Crippen LogP contribution in [0.4, 0.5) is 10.6 Å². The summed E-state index contributed by atoms with van der Waals surface area (Å²) in [6.45, 7) is 6.18. The van der Waals surface area contributed by atoms with Crippen molar-refractivity contribution >= 4 is 11.9 Å². The van der Waals surface area contributed by atoms with Gasteiger partial charge in [0.2, 0.25) is 0 Å². The molecule has 22 heavy (non-hydrogen) atoms. The van der Waals surface area contributed by atoms with Gasteiger partial charge in [-0.3, -0.25) is 5.32 Å². The second kappa shape index (κ2) is 9.17. The number of nitrogens with one attached hydrogen (secondary N) is 1. The molecule has 0 saturated carbocycles. The van der Waals surface area contributed by atoms with Gasteiger partial charge in [-0.25, -0.2) is 9.78 Å². The average molecular weight is 308 g/mol. The van der Waals surface area contributed by atoms with Crippen LogP contribution in [0, 0.1) is 0 Å². The topological polar surface area (TPSA) is 69.7 Å².